The number of anilines is 1. The molecule has 1 aromatic heterocycles. The number of nitrogens with zero attached hydrogens (tertiary/aromatic N) is 2. The van der Waals surface area contributed by atoms with Gasteiger partial charge in [0.1, 0.15) is 5.69 Å². The Morgan fingerprint density at radius 3 is 2.28 bits per heavy atom. The predicted octanol–water partition coefficient (Wildman–Crippen LogP) is -4.27. The van der Waals surface area contributed by atoms with E-state index in [0.29, 0.717) is 5.69 Å². The standard InChI is InChI=1S/C11H9N3O.2BrH.Hg/c15-11(10-8-12-6-7-13-10)14-9-4-2-1-3-5-9;;;/h1-8H,(H,14,15);2*1H;/q;;;+2/p-2. The number of hydrogen-bond acceptors (Lipinski definition) is 3. The normalized spacial score (nSPS) is 8.00. The summed E-state index contributed by atoms with van der Waals surface area (Å²) in [5, 5.41) is 2.72. The molecule has 7 heteroatoms. The number of hydrogen-bond donors (Lipinski definition) is 1. The van der Waals surface area contributed by atoms with E-state index in [-0.39, 0.29) is 67.5 Å². The summed E-state index contributed by atoms with van der Waals surface area (Å²) in [4.78, 5) is 19.3. The molecule has 2 aromatic rings. The number of aromatic nitrogens is 2. The van der Waals surface area contributed by atoms with Gasteiger partial charge in [-0.15, -0.1) is 0 Å². The van der Waals surface area contributed by atoms with Gasteiger partial charge in [0, 0.05) is 18.1 Å². The molecule has 0 aliphatic heterocycles. The fourth-order valence-corrected chi connectivity index (χ4v) is 1.13. The second kappa shape index (κ2) is 10.6. The summed E-state index contributed by atoms with van der Waals surface area (Å²) < 4.78 is 0. The van der Waals surface area contributed by atoms with Gasteiger partial charge in [-0.3, -0.25) is 9.78 Å². The average Bonchev–Trinajstić information content (AvgIpc) is 2.31. The van der Waals surface area contributed by atoms with Crippen molar-refractivity contribution in [3.63, 3.8) is 0 Å². The smallest absolute Gasteiger partial charge is 1.00 e. The summed E-state index contributed by atoms with van der Waals surface area (Å²) in [5.41, 5.74) is 1.05. The third-order valence-corrected chi connectivity index (χ3v) is 1.83. The zero-order valence-electron chi connectivity index (χ0n) is 9.38. The molecule has 0 radical (unpaired) electrons. The van der Waals surface area contributed by atoms with Gasteiger partial charge in [0.25, 0.3) is 5.91 Å². The van der Waals surface area contributed by atoms with Gasteiger partial charge in [-0.2, -0.15) is 0 Å². The molecule has 0 spiro atoms. The van der Waals surface area contributed by atoms with Crippen molar-refractivity contribution in [3.05, 3.63) is 54.6 Å². The molecule has 0 fully saturated rings. The maximum Gasteiger partial charge on any atom is 2.00 e. The molecule has 18 heavy (non-hydrogen) atoms. The largest absolute Gasteiger partial charge is 2.00 e. The number of amides is 1. The van der Waals surface area contributed by atoms with E-state index >= 15 is 0 Å². The van der Waals surface area contributed by atoms with Crippen LogP contribution in [0.15, 0.2) is 48.9 Å². The van der Waals surface area contributed by atoms with E-state index in [9.17, 15) is 4.79 Å². The van der Waals surface area contributed by atoms with Crippen LogP contribution in [0, 0.1) is 0 Å². The molecule has 0 aliphatic carbocycles. The number of carbonyl (C=O) groups excluding carboxylic acids is 1. The number of benzene rings is 1. The van der Waals surface area contributed by atoms with Gasteiger partial charge < -0.3 is 39.3 Å². The van der Waals surface area contributed by atoms with E-state index in [2.05, 4.69) is 15.3 Å². The van der Waals surface area contributed by atoms with Crippen LogP contribution in [0.25, 0.3) is 0 Å². The maximum atomic E-state index is 11.6. The molecule has 90 valence electrons. The molecular weight excluding hydrogens is 551 g/mol. The molecule has 0 saturated carbocycles. The molecule has 4 nitrogen and oxygen atoms in total. The van der Waals surface area contributed by atoms with E-state index in [1.807, 2.05) is 30.3 Å². The summed E-state index contributed by atoms with van der Waals surface area (Å²) in [6.45, 7) is 0. The fraction of sp³-hybridized carbons (Fsp3) is 0. The van der Waals surface area contributed by atoms with E-state index in [4.69, 9.17) is 0 Å². The van der Waals surface area contributed by atoms with E-state index < -0.39 is 0 Å². The minimum atomic E-state index is -0.255. The Hall–Kier alpha value is -0.335. The molecule has 0 saturated heterocycles. The van der Waals surface area contributed by atoms with Crippen molar-refractivity contribution in [2.24, 2.45) is 0 Å². The van der Waals surface area contributed by atoms with Crippen LogP contribution in [-0.4, -0.2) is 15.9 Å². The summed E-state index contributed by atoms with van der Waals surface area (Å²) in [5.74, 6) is -0.255. The van der Waals surface area contributed by atoms with Crippen molar-refractivity contribution in [3.8, 4) is 0 Å². The Morgan fingerprint density at radius 2 is 1.72 bits per heavy atom. The van der Waals surface area contributed by atoms with Crippen molar-refractivity contribution in [1.82, 2.24) is 9.97 Å². The topological polar surface area (TPSA) is 54.9 Å². The van der Waals surface area contributed by atoms with Crippen LogP contribution in [-0.2, 0) is 27.7 Å². The molecular formula is C11H9Br2HgN3O. The zero-order chi connectivity index (χ0) is 10.5. The maximum absolute atomic E-state index is 11.6. The van der Waals surface area contributed by atoms with Crippen LogP contribution < -0.4 is 39.3 Å². The van der Waals surface area contributed by atoms with Crippen LogP contribution in [0.1, 0.15) is 10.5 Å². The van der Waals surface area contributed by atoms with Crippen LogP contribution in [0.2, 0.25) is 0 Å². The third kappa shape index (κ3) is 6.02. The van der Waals surface area contributed by atoms with Gasteiger partial charge >= 0.3 is 27.7 Å². The van der Waals surface area contributed by atoms with Gasteiger partial charge in [-0.25, -0.2) is 4.98 Å². The first-order valence-corrected chi connectivity index (χ1v) is 4.49. The van der Waals surface area contributed by atoms with Crippen LogP contribution in [0.4, 0.5) is 5.69 Å². The third-order valence-electron chi connectivity index (χ3n) is 1.83. The molecule has 2 rings (SSSR count). The van der Waals surface area contributed by atoms with Crippen molar-refractivity contribution >= 4 is 11.6 Å². The molecule has 0 aliphatic rings. The predicted molar refractivity (Wildman–Crippen MR) is 56.4 cm³/mol. The Morgan fingerprint density at radius 1 is 1.06 bits per heavy atom. The van der Waals surface area contributed by atoms with Gasteiger partial charge in [-0.05, 0) is 12.1 Å². The van der Waals surface area contributed by atoms with Gasteiger partial charge in [0.15, 0.2) is 0 Å². The molecule has 0 unspecified atom stereocenters. The van der Waals surface area contributed by atoms with E-state index in [1.165, 1.54) is 18.6 Å². The summed E-state index contributed by atoms with van der Waals surface area (Å²) >= 11 is 0. The van der Waals surface area contributed by atoms with Crippen molar-refractivity contribution in [1.29, 1.82) is 0 Å². The van der Waals surface area contributed by atoms with Crippen molar-refractivity contribution in [2.45, 2.75) is 0 Å². The average molecular weight is 560 g/mol. The quantitative estimate of drug-likeness (QED) is 0.380. The number of rotatable bonds is 2. The second-order valence-electron chi connectivity index (χ2n) is 2.91. The molecule has 1 aromatic carbocycles. The van der Waals surface area contributed by atoms with Crippen LogP contribution in [0.5, 0.6) is 0 Å². The molecule has 1 heterocycles. The fourth-order valence-electron chi connectivity index (χ4n) is 1.13. The van der Waals surface area contributed by atoms with E-state index in [0.717, 1.165) is 5.69 Å². The molecule has 0 atom stereocenters. The Kier molecular flexibility index (Phi) is 11.7. The number of para-hydroxylation sites is 1. The van der Waals surface area contributed by atoms with Gasteiger partial charge in [0.05, 0.1) is 6.20 Å². The Labute approximate surface area is 147 Å². The first-order chi connectivity index (χ1) is 7.36. The van der Waals surface area contributed by atoms with Crippen LogP contribution in [0.3, 0.4) is 0 Å². The summed E-state index contributed by atoms with van der Waals surface area (Å²) in [7, 11) is 0. The minimum Gasteiger partial charge on any atom is -1.00 e. The van der Waals surface area contributed by atoms with E-state index in [1.54, 1.807) is 0 Å². The monoisotopic (exact) mass is 559 g/mol. The number of halogens is 2. The van der Waals surface area contributed by atoms with Gasteiger partial charge in [0.2, 0.25) is 0 Å². The summed E-state index contributed by atoms with van der Waals surface area (Å²) in [6.07, 6.45) is 4.44. The SMILES string of the molecule is O=C(Nc1ccccc1)c1cnccn1.[Br-].[Br-].[Hg+2]. The Balaban J connectivity index is 0. The van der Waals surface area contributed by atoms with Gasteiger partial charge in [-0.1, -0.05) is 18.2 Å². The summed E-state index contributed by atoms with van der Waals surface area (Å²) in [6, 6.07) is 9.22. The number of nitrogens with one attached hydrogen (secondary N) is 1. The minimum absolute atomic E-state index is 0. The number of carbonyl (C=O) groups is 1. The first-order valence-electron chi connectivity index (χ1n) is 4.49. The zero-order valence-corrected chi connectivity index (χ0v) is 18.1. The van der Waals surface area contributed by atoms with Crippen molar-refractivity contribution < 1.29 is 66.4 Å². The van der Waals surface area contributed by atoms with Crippen LogP contribution >= 0.6 is 0 Å². The Bertz CT molecular complexity index is 456. The molecule has 0 bridgehead atoms. The molecule has 1 N–H and O–H groups in total. The van der Waals surface area contributed by atoms with Crippen molar-refractivity contribution in [2.75, 3.05) is 5.32 Å². The first kappa shape index (κ1) is 20.0. The molecule has 1 amide bonds. The second-order valence-corrected chi connectivity index (χ2v) is 2.91.